The zero-order chi connectivity index (χ0) is 20.6. The van der Waals surface area contributed by atoms with Crippen molar-refractivity contribution in [2.75, 3.05) is 5.32 Å². The zero-order valence-corrected chi connectivity index (χ0v) is 16.4. The summed E-state index contributed by atoms with van der Waals surface area (Å²) in [6.45, 7) is 3.91. The molecule has 148 valence electrons. The van der Waals surface area contributed by atoms with Gasteiger partial charge in [0, 0.05) is 24.1 Å². The highest BCUT2D eigenvalue weighted by atomic mass is 16.5. The number of nitrogens with zero attached hydrogens (tertiary/aromatic N) is 1. The van der Waals surface area contributed by atoms with E-state index < -0.39 is 0 Å². The average molecular weight is 389 g/mol. The Morgan fingerprint density at radius 1 is 0.931 bits per heavy atom. The van der Waals surface area contributed by atoms with Crippen molar-refractivity contribution in [2.24, 2.45) is 0 Å². The predicted octanol–water partition coefficient (Wildman–Crippen LogP) is 4.65. The Bertz CT molecular complexity index is 972. The third kappa shape index (κ3) is 5.65. The molecule has 0 fully saturated rings. The molecule has 1 heterocycles. The Morgan fingerprint density at radius 2 is 1.55 bits per heavy atom. The summed E-state index contributed by atoms with van der Waals surface area (Å²) in [5.41, 5.74) is 1.28. The van der Waals surface area contributed by atoms with E-state index in [0.717, 1.165) is 12.2 Å². The number of carbonyl (C=O) groups is 2. The van der Waals surface area contributed by atoms with Crippen LogP contribution in [0.2, 0.25) is 0 Å². The van der Waals surface area contributed by atoms with Crippen LogP contribution in [0, 0.1) is 0 Å². The maximum Gasteiger partial charge on any atom is 0.257 e. The number of benzene rings is 2. The largest absolute Gasteiger partial charge is 0.457 e. The maximum absolute atomic E-state index is 12.5. The van der Waals surface area contributed by atoms with Crippen LogP contribution in [-0.4, -0.2) is 22.8 Å². The summed E-state index contributed by atoms with van der Waals surface area (Å²) in [4.78, 5) is 28.8. The van der Waals surface area contributed by atoms with Crippen molar-refractivity contribution in [1.29, 1.82) is 0 Å². The number of rotatable bonds is 7. The lowest BCUT2D eigenvalue weighted by Gasteiger charge is -2.12. The smallest absolute Gasteiger partial charge is 0.257 e. The molecule has 2 aromatic carbocycles. The molecule has 29 heavy (non-hydrogen) atoms. The summed E-state index contributed by atoms with van der Waals surface area (Å²) in [6, 6.07) is 18.1. The fourth-order valence-corrected chi connectivity index (χ4v) is 2.53. The van der Waals surface area contributed by atoms with Gasteiger partial charge < -0.3 is 15.4 Å². The highest BCUT2D eigenvalue weighted by molar-refractivity contribution is 6.05. The SMILES string of the molecule is CCC(C)NC(=O)c1cncc(C(=O)Nc2ccc(Oc3ccccc3)cc2)c1. The summed E-state index contributed by atoms with van der Waals surface area (Å²) in [5.74, 6) is 0.818. The van der Waals surface area contributed by atoms with E-state index in [2.05, 4.69) is 15.6 Å². The highest BCUT2D eigenvalue weighted by Gasteiger charge is 2.13. The van der Waals surface area contributed by atoms with Crippen LogP contribution in [0.25, 0.3) is 0 Å². The second-order valence-corrected chi connectivity index (χ2v) is 6.64. The number of hydrogen-bond acceptors (Lipinski definition) is 4. The van der Waals surface area contributed by atoms with E-state index in [9.17, 15) is 9.59 Å². The lowest BCUT2D eigenvalue weighted by Crippen LogP contribution is -2.32. The van der Waals surface area contributed by atoms with Crippen molar-refractivity contribution >= 4 is 17.5 Å². The van der Waals surface area contributed by atoms with Gasteiger partial charge in [-0.2, -0.15) is 0 Å². The molecular weight excluding hydrogens is 366 g/mol. The van der Waals surface area contributed by atoms with Crippen molar-refractivity contribution < 1.29 is 14.3 Å². The quantitative estimate of drug-likeness (QED) is 0.616. The van der Waals surface area contributed by atoms with E-state index in [1.54, 1.807) is 24.3 Å². The van der Waals surface area contributed by atoms with Crippen molar-refractivity contribution in [1.82, 2.24) is 10.3 Å². The first kappa shape index (κ1) is 20.1. The van der Waals surface area contributed by atoms with E-state index in [-0.39, 0.29) is 17.9 Å². The molecule has 0 saturated carbocycles. The van der Waals surface area contributed by atoms with Crippen molar-refractivity contribution in [2.45, 2.75) is 26.3 Å². The number of para-hydroxylation sites is 1. The Morgan fingerprint density at radius 3 is 2.21 bits per heavy atom. The topological polar surface area (TPSA) is 80.3 Å². The number of nitrogens with one attached hydrogen (secondary N) is 2. The molecule has 3 rings (SSSR count). The maximum atomic E-state index is 12.5. The van der Waals surface area contributed by atoms with Crippen molar-refractivity contribution in [3.8, 4) is 11.5 Å². The molecule has 3 aromatic rings. The Labute approximate surface area is 169 Å². The molecule has 0 radical (unpaired) electrons. The standard InChI is InChI=1S/C23H23N3O3/c1-3-16(2)25-22(27)17-13-18(15-24-14-17)23(28)26-19-9-11-21(12-10-19)29-20-7-5-4-6-8-20/h4-16H,3H2,1-2H3,(H,25,27)(H,26,28). The van der Waals surface area contributed by atoms with Crippen LogP contribution >= 0.6 is 0 Å². The number of anilines is 1. The van der Waals surface area contributed by atoms with Crippen LogP contribution in [0.15, 0.2) is 73.1 Å². The summed E-state index contributed by atoms with van der Waals surface area (Å²) in [5, 5.41) is 5.66. The van der Waals surface area contributed by atoms with E-state index in [0.29, 0.717) is 22.6 Å². The monoisotopic (exact) mass is 389 g/mol. The molecule has 0 spiro atoms. The molecule has 0 aliphatic carbocycles. The second kappa shape index (κ2) is 9.50. The van der Waals surface area contributed by atoms with Gasteiger partial charge in [-0.3, -0.25) is 14.6 Å². The van der Waals surface area contributed by atoms with Gasteiger partial charge in [0.15, 0.2) is 0 Å². The number of amides is 2. The number of aromatic nitrogens is 1. The van der Waals surface area contributed by atoms with Crippen LogP contribution in [-0.2, 0) is 0 Å². The normalized spacial score (nSPS) is 11.4. The Kier molecular flexibility index (Phi) is 6.58. The molecule has 0 aliphatic rings. The third-order valence-corrected chi connectivity index (χ3v) is 4.34. The zero-order valence-electron chi connectivity index (χ0n) is 16.4. The van der Waals surface area contributed by atoms with Gasteiger partial charge in [-0.1, -0.05) is 25.1 Å². The van der Waals surface area contributed by atoms with E-state index in [1.807, 2.05) is 44.2 Å². The van der Waals surface area contributed by atoms with Gasteiger partial charge in [-0.25, -0.2) is 0 Å². The minimum atomic E-state index is -0.340. The Hall–Kier alpha value is -3.67. The summed E-state index contributed by atoms with van der Waals surface area (Å²) in [7, 11) is 0. The molecule has 2 amide bonds. The molecular formula is C23H23N3O3. The van der Waals surface area contributed by atoms with E-state index in [1.165, 1.54) is 18.5 Å². The predicted molar refractivity (Wildman–Crippen MR) is 112 cm³/mol. The lowest BCUT2D eigenvalue weighted by atomic mass is 10.1. The fourth-order valence-electron chi connectivity index (χ4n) is 2.53. The summed E-state index contributed by atoms with van der Waals surface area (Å²) >= 11 is 0. The lowest BCUT2D eigenvalue weighted by molar-refractivity contribution is 0.0939. The molecule has 0 saturated heterocycles. The molecule has 1 atom stereocenters. The molecule has 0 aliphatic heterocycles. The van der Waals surface area contributed by atoms with Gasteiger partial charge in [-0.05, 0) is 55.8 Å². The summed E-state index contributed by atoms with van der Waals surface area (Å²) < 4.78 is 5.74. The molecule has 1 aromatic heterocycles. The van der Waals surface area contributed by atoms with Crippen LogP contribution in [0.4, 0.5) is 5.69 Å². The molecule has 6 nitrogen and oxygen atoms in total. The van der Waals surface area contributed by atoms with Crippen LogP contribution in [0.3, 0.4) is 0 Å². The third-order valence-electron chi connectivity index (χ3n) is 4.34. The van der Waals surface area contributed by atoms with Crippen molar-refractivity contribution in [3.63, 3.8) is 0 Å². The first-order valence-corrected chi connectivity index (χ1v) is 9.45. The number of hydrogen-bond donors (Lipinski definition) is 2. The van der Waals surface area contributed by atoms with Crippen LogP contribution in [0.5, 0.6) is 11.5 Å². The van der Waals surface area contributed by atoms with Gasteiger partial charge in [0.25, 0.3) is 11.8 Å². The van der Waals surface area contributed by atoms with E-state index >= 15 is 0 Å². The van der Waals surface area contributed by atoms with Crippen LogP contribution < -0.4 is 15.4 Å². The van der Waals surface area contributed by atoms with Gasteiger partial charge in [0.05, 0.1) is 11.1 Å². The van der Waals surface area contributed by atoms with Crippen molar-refractivity contribution in [3.05, 3.63) is 84.2 Å². The minimum absolute atomic E-state index is 0.0524. The number of pyridine rings is 1. The Balaban J connectivity index is 1.64. The van der Waals surface area contributed by atoms with Gasteiger partial charge in [-0.15, -0.1) is 0 Å². The molecule has 6 heteroatoms. The average Bonchev–Trinajstić information content (AvgIpc) is 2.75. The first-order chi connectivity index (χ1) is 14.0. The number of carbonyl (C=O) groups excluding carboxylic acids is 2. The molecule has 1 unspecified atom stereocenters. The summed E-state index contributed by atoms with van der Waals surface area (Å²) in [6.07, 6.45) is 3.70. The van der Waals surface area contributed by atoms with Gasteiger partial charge in [0.2, 0.25) is 0 Å². The first-order valence-electron chi connectivity index (χ1n) is 9.45. The minimum Gasteiger partial charge on any atom is -0.457 e. The molecule has 0 bridgehead atoms. The fraction of sp³-hybridized carbons (Fsp3) is 0.174. The van der Waals surface area contributed by atoms with Gasteiger partial charge in [0.1, 0.15) is 11.5 Å². The highest BCUT2D eigenvalue weighted by Crippen LogP contribution is 2.22. The second-order valence-electron chi connectivity index (χ2n) is 6.64. The number of ether oxygens (including phenoxy) is 1. The van der Waals surface area contributed by atoms with E-state index in [4.69, 9.17) is 4.74 Å². The molecule has 2 N–H and O–H groups in total. The van der Waals surface area contributed by atoms with Gasteiger partial charge >= 0.3 is 0 Å². The van der Waals surface area contributed by atoms with Crippen LogP contribution in [0.1, 0.15) is 41.0 Å².